The number of thioether (sulfide) groups is 1. The van der Waals surface area contributed by atoms with Gasteiger partial charge in [0.15, 0.2) is 13.1 Å². The molecule has 0 amide bonds. The topological polar surface area (TPSA) is 157 Å². The number of anilines is 1. The molecular weight excluding hydrogens is 421 g/mol. The number of nitrogen functional groups attached to an aromatic ring is 1. The fourth-order valence-electron chi connectivity index (χ4n) is 2.62. The fraction of sp³-hybridized carbons (Fsp3) is 0.312. The summed E-state index contributed by atoms with van der Waals surface area (Å²) < 4.78 is 24.7. The van der Waals surface area contributed by atoms with E-state index in [1.165, 1.54) is 11.8 Å². The van der Waals surface area contributed by atoms with Gasteiger partial charge in [0, 0.05) is 10.6 Å². The number of fused-ring (bicyclic) bond motifs is 1. The maximum atomic E-state index is 12.1. The number of aryl methyl sites for hydroxylation is 1. The minimum absolute atomic E-state index is 0.0161. The first kappa shape index (κ1) is 21.5. The van der Waals surface area contributed by atoms with Crippen LogP contribution in [0.5, 0.6) is 0 Å². The Kier molecular flexibility index (Phi) is 6.73. The minimum atomic E-state index is -4.63. The zero-order valence-electron chi connectivity index (χ0n) is 15.5. The van der Waals surface area contributed by atoms with Crippen molar-refractivity contribution in [1.82, 2.24) is 14.5 Å². The largest absolute Gasteiger partial charge is 0.469 e. The molecule has 0 aliphatic rings. The summed E-state index contributed by atoms with van der Waals surface area (Å²) in [7, 11) is -2.95. The highest BCUT2D eigenvalue weighted by molar-refractivity contribution is 7.99. The van der Waals surface area contributed by atoms with E-state index in [2.05, 4.69) is 14.5 Å². The van der Waals surface area contributed by atoms with E-state index in [0.717, 1.165) is 4.90 Å². The van der Waals surface area contributed by atoms with Crippen LogP contribution in [-0.4, -0.2) is 42.8 Å². The molecule has 11 nitrogen and oxygen atoms in total. The van der Waals surface area contributed by atoms with E-state index in [1.54, 1.807) is 22.5 Å². The lowest BCUT2D eigenvalue weighted by Crippen LogP contribution is -2.38. The summed E-state index contributed by atoms with van der Waals surface area (Å²) in [6.07, 6.45) is 0.993. The van der Waals surface area contributed by atoms with Crippen molar-refractivity contribution in [1.29, 1.82) is 0 Å². The molecule has 0 fully saturated rings. The summed E-state index contributed by atoms with van der Waals surface area (Å²) in [5.74, 6) is 0.370. The molecule has 1 aromatic carbocycles. The molecule has 1 unspecified atom stereocenters. The summed E-state index contributed by atoms with van der Waals surface area (Å²) in [5.41, 5.74) is 5.90. The molecule has 29 heavy (non-hydrogen) atoms. The van der Waals surface area contributed by atoms with Gasteiger partial charge in [0.05, 0.1) is 19.8 Å². The molecule has 2 aromatic heterocycles. The number of hydrogen-bond donors (Lipinski definition) is 4. The van der Waals surface area contributed by atoms with Gasteiger partial charge in [0.1, 0.15) is 0 Å². The average molecular weight is 442 g/mol. The highest BCUT2D eigenvalue weighted by atomic mass is 32.2. The number of H-pyrrole nitrogens is 1. The monoisotopic (exact) mass is 442 g/mol. The molecule has 0 aliphatic heterocycles. The maximum Gasteiger partial charge on any atom is 0.469 e. The Morgan fingerprint density at radius 3 is 2.79 bits per heavy atom. The summed E-state index contributed by atoms with van der Waals surface area (Å²) in [4.78, 5) is 37.6. The molecule has 0 aliphatic carbocycles. The first-order chi connectivity index (χ1) is 13.7. The van der Waals surface area contributed by atoms with Crippen LogP contribution in [0.3, 0.4) is 0 Å². The minimum Gasteiger partial charge on any atom is -0.355 e. The number of aromatic amines is 1. The second-order valence-corrected chi connectivity index (χ2v) is 8.48. The van der Waals surface area contributed by atoms with Crippen LogP contribution in [0.25, 0.3) is 11.2 Å². The zero-order chi connectivity index (χ0) is 21.0. The van der Waals surface area contributed by atoms with Gasteiger partial charge < -0.3 is 20.3 Å². The quantitative estimate of drug-likeness (QED) is 0.209. The van der Waals surface area contributed by atoms with E-state index in [9.17, 15) is 9.36 Å². The number of nitrogens with one attached hydrogen (secondary N) is 1. The normalized spacial score (nSPS) is 13.1. The Hall–Kier alpha value is -2.21. The number of nitrogens with two attached hydrogens (primary N) is 1. The van der Waals surface area contributed by atoms with E-state index in [4.69, 9.17) is 20.3 Å². The average Bonchev–Trinajstić information content (AvgIpc) is 2.97. The Balaban J connectivity index is 1.74. The predicted octanol–water partition coefficient (Wildman–Crippen LogP) is 0.376. The van der Waals surface area contributed by atoms with Gasteiger partial charge in [-0.2, -0.15) is 0 Å². The smallest absolute Gasteiger partial charge is 0.355 e. The van der Waals surface area contributed by atoms with Crippen LogP contribution in [0.1, 0.15) is 0 Å². The molecule has 5 N–H and O–H groups in total. The van der Waals surface area contributed by atoms with Crippen molar-refractivity contribution in [2.45, 2.75) is 17.7 Å². The Bertz CT molecular complexity index is 1080. The van der Waals surface area contributed by atoms with Crippen molar-refractivity contribution >= 4 is 36.7 Å². The van der Waals surface area contributed by atoms with E-state index in [0.29, 0.717) is 16.9 Å². The van der Waals surface area contributed by atoms with E-state index < -0.39 is 13.9 Å². The predicted molar refractivity (Wildman–Crippen MR) is 106 cm³/mol. The number of hydrogen-bond acceptors (Lipinski definition) is 7. The summed E-state index contributed by atoms with van der Waals surface area (Å²) >= 11 is 1.46. The van der Waals surface area contributed by atoms with Gasteiger partial charge in [-0.05, 0) is 12.1 Å². The molecule has 0 saturated heterocycles. The van der Waals surface area contributed by atoms with Crippen LogP contribution in [0, 0.1) is 0 Å². The molecule has 156 valence electrons. The van der Waals surface area contributed by atoms with Gasteiger partial charge in [0.2, 0.25) is 5.52 Å². The Morgan fingerprint density at radius 1 is 1.38 bits per heavy atom. The van der Waals surface area contributed by atoms with Crippen molar-refractivity contribution < 1.29 is 28.2 Å². The number of benzene rings is 1. The van der Waals surface area contributed by atoms with Gasteiger partial charge in [-0.3, -0.25) is 18.9 Å². The Labute approximate surface area is 169 Å². The van der Waals surface area contributed by atoms with Crippen LogP contribution in [0.15, 0.2) is 46.3 Å². The standard InChI is InChI=1S/C16H20N5O6PS/c1-20-9-21(14-13(20)15(22)19-16(17)18-14)10-26-11(7-27-28(23,24)25)8-29-12-5-3-2-4-6-12/h2-6,9,11H,7-8,10H2,1H3,(H4-,17,18,19,22,23,24,25)/p+1. The number of phosphoric acid groups is 1. The Morgan fingerprint density at radius 2 is 2.10 bits per heavy atom. The van der Waals surface area contributed by atoms with E-state index in [-0.39, 0.29) is 24.8 Å². The SMILES string of the molecule is Cn1c[n+](COC(COP(=O)(O)O)CSc2ccccc2)c2nc(N)[nH]c(=O)c21. The number of aromatic nitrogens is 4. The first-order valence-corrected chi connectivity index (χ1v) is 11.0. The first-order valence-electron chi connectivity index (χ1n) is 8.47. The van der Waals surface area contributed by atoms with Crippen molar-refractivity contribution in [3.63, 3.8) is 0 Å². The van der Waals surface area contributed by atoms with Crippen molar-refractivity contribution in [3.05, 3.63) is 47.0 Å². The zero-order valence-corrected chi connectivity index (χ0v) is 17.2. The van der Waals surface area contributed by atoms with Crippen molar-refractivity contribution in [2.75, 3.05) is 18.1 Å². The molecule has 13 heteroatoms. The molecule has 3 aromatic rings. The lowest BCUT2D eigenvalue weighted by molar-refractivity contribution is -0.713. The highest BCUT2D eigenvalue weighted by Gasteiger charge is 2.23. The molecule has 1 atom stereocenters. The number of phosphoric ester groups is 1. The molecule has 2 heterocycles. The second kappa shape index (κ2) is 9.08. The van der Waals surface area contributed by atoms with Gasteiger partial charge in [0.25, 0.3) is 11.5 Å². The summed E-state index contributed by atoms with van der Waals surface area (Å²) in [6.45, 7) is -0.316. The lowest BCUT2D eigenvalue weighted by atomic mass is 10.4. The third-order valence-corrected chi connectivity index (χ3v) is 5.52. The van der Waals surface area contributed by atoms with E-state index in [1.807, 2.05) is 30.3 Å². The van der Waals surface area contributed by atoms with Gasteiger partial charge in [-0.15, -0.1) is 11.8 Å². The van der Waals surface area contributed by atoms with Crippen LogP contribution < -0.4 is 15.9 Å². The van der Waals surface area contributed by atoms with Crippen molar-refractivity contribution in [3.8, 4) is 0 Å². The summed E-state index contributed by atoms with van der Waals surface area (Å²) in [6, 6.07) is 9.52. The number of rotatable bonds is 9. The molecule has 0 radical (unpaired) electrons. The van der Waals surface area contributed by atoms with Crippen LogP contribution in [0.2, 0.25) is 0 Å². The number of nitrogens with zero attached hydrogens (tertiary/aromatic N) is 3. The van der Waals surface area contributed by atoms with Crippen LogP contribution in [0.4, 0.5) is 5.95 Å². The van der Waals surface area contributed by atoms with Gasteiger partial charge >= 0.3 is 13.5 Å². The third kappa shape index (κ3) is 5.89. The maximum absolute atomic E-state index is 12.1. The summed E-state index contributed by atoms with van der Waals surface area (Å²) in [5, 5.41) is 0. The molecule has 3 rings (SSSR count). The fourth-order valence-corrected chi connectivity index (χ4v) is 3.90. The molecule has 0 spiro atoms. The molecular formula is C16H21N5O6PS+. The number of ether oxygens (including phenoxy) is 1. The third-order valence-electron chi connectivity index (χ3n) is 3.89. The molecule has 0 bridgehead atoms. The second-order valence-electron chi connectivity index (χ2n) is 6.15. The van der Waals surface area contributed by atoms with Crippen LogP contribution in [-0.2, 0) is 27.6 Å². The van der Waals surface area contributed by atoms with Gasteiger partial charge in [-0.1, -0.05) is 23.2 Å². The van der Waals surface area contributed by atoms with Crippen molar-refractivity contribution in [2.24, 2.45) is 7.05 Å². The van der Waals surface area contributed by atoms with Crippen LogP contribution >= 0.6 is 19.6 Å². The van der Waals surface area contributed by atoms with E-state index >= 15 is 0 Å². The lowest BCUT2D eigenvalue weighted by Gasteiger charge is -2.17. The highest BCUT2D eigenvalue weighted by Crippen LogP contribution is 2.36. The molecule has 0 saturated carbocycles. The van der Waals surface area contributed by atoms with Gasteiger partial charge in [-0.25, -0.2) is 9.13 Å². The number of imidazole rings is 1.